The smallest absolute Gasteiger partial charge is 0.0671 e. The fourth-order valence-corrected chi connectivity index (χ4v) is 0.846. The first-order chi connectivity index (χ1) is 3.89. The van der Waals surface area contributed by atoms with Crippen LogP contribution < -0.4 is 5.32 Å². The fourth-order valence-electron chi connectivity index (χ4n) is 0.846. The molecule has 3 heteroatoms. The Balaban J connectivity index is 0.000000640. The summed E-state index contributed by atoms with van der Waals surface area (Å²) in [6.07, 6.45) is 1.57. The minimum Gasteiger partial charge on any atom is -0.377 e. The lowest BCUT2D eigenvalue weighted by atomic mass is 10.4. The van der Waals surface area contributed by atoms with Gasteiger partial charge in [0, 0.05) is 13.2 Å². The van der Waals surface area contributed by atoms with E-state index < -0.39 is 0 Å². The molecule has 1 fully saturated rings. The molecule has 0 aromatic carbocycles. The van der Waals surface area contributed by atoms with E-state index in [0.717, 1.165) is 26.1 Å². The SMILES string of the molecule is Br.C[C@H]1CNCCCO1. The minimum absolute atomic E-state index is 0. The third-order valence-corrected chi connectivity index (χ3v) is 1.33. The average Bonchev–Trinajstić information content (AvgIpc) is 1.94. The molecule has 0 spiro atoms. The zero-order valence-corrected chi connectivity index (χ0v) is 7.44. The lowest BCUT2D eigenvalue weighted by molar-refractivity contribution is 0.0804. The first kappa shape index (κ1) is 9.40. The van der Waals surface area contributed by atoms with Crippen LogP contribution in [0.2, 0.25) is 0 Å². The first-order valence-electron chi connectivity index (χ1n) is 3.22. The monoisotopic (exact) mass is 195 g/mol. The second-order valence-electron chi connectivity index (χ2n) is 2.24. The molecule has 1 aliphatic rings. The van der Waals surface area contributed by atoms with Gasteiger partial charge in [-0.05, 0) is 19.9 Å². The zero-order valence-electron chi connectivity index (χ0n) is 5.72. The predicted molar refractivity (Wildman–Crippen MR) is 43.2 cm³/mol. The number of rotatable bonds is 0. The summed E-state index contributed by atoms with van der Waals surface area (Å²) in [6, 6.07) is 0. The van der Waals surface area contributed by atoms with E-state index in [1.54, 1.807) is 0 Å². The van der Waals surface area contributed by atoms with Gasteiger partial charge in [-0.3, -0.25) is 0 Å². The predicted octanol–water partition coefficient (Wildman–Crippen LogP) is 0.963. The molecule has 0 saturated carbocycles. The summed E-state index contributed by atoms with van der Waals surface area (Å²) in [5.74, 6) is 0. The van der Waals surface area contributed by atoms with Crippen LogP contribution in [0.5, 0.6) is 0 Å². The van der Waals surface area contributed by atoms with E-state index in [-0.39, 0.29) is 17.0 Å². The summed E-state index contributed by atoms with van der Waals surface area (Å²) in [7, 11) is 0. The Morgan fingerprint density at radius 1 is 1.56 bits per heavy atom. The molecule has 1 heterocycles. The van der Waals surface area contributed by atoms with Crippen LogP contribution in [-0.2, 0) is 4.74 Å². The average molecular weight is 196 g/mol. The van der Waals surface area contributed by atoms with Crippen molar-refractivity contribution in [1.29, 1.82) is 0 Å². The third-order valence-electron chi connectivity index (χ3n) is 1.33. The minimum atomic E-state index is 0. The van der Waals surface area contributed by atoms with Crippen molar-refractivity contribution in [3.63, 3.8) is 0 Å². The molecule has 0 bridgehead atoms. The van der Waals surface area contributed by atoms with Gasteiger partial charge in [-0.2, -0.15) is 0 Å². The van der Waals surface area contributed by atoms with Gasteiger partial charge in [-0.15, -0.1) is 17.0 Å². The molecule has 1 N–H and O–H groups in total. The fraction of sp³-hybridized carbons (Fsp3) is 1.00. The van der Waals surface area contributed by atoms with Crippen molar-refractivity contribution in [2.75, 3.05) is 19.7 Å². The molecule has 1 saturated heterocycles. The summed E-state index contributed by atoms with van der Waals surface area (Å²) >= 11 is 0. The van der Waals surface area contributed by atoms with Crippen LogP contribution in [-0.4, -0.2) is 25.8 Å². The third kappa shape index (κ3) is 3.89. The molecular weight excluding hydrogens is 182 g/mol. The van der Waals surface area contributed by atoms with Crippen LogP contribution in [0.4, 0.5) is 0 Å². The summed E-state index contributed by atoms with van der Waals surface area (Å²) < 4.78 is 5.34. The van der Waals surface area contributed by atoms with E-state index in [1.165, 1.54) is 0 Å². The maximum absolute atomic E-state index is 5.34. The van der Waals surface area contributed by atoms with E-state index in [4.69, 9.17) is 4.74 Å². The maximum Gasteiger partial charge on any atom is 0.0671 e. The number of hydrogen-bond donors (Lipinski definition) is 1. The Hall–Kier alpha value is 0.400. The van der Waals surface area contributed by atoms with Crippen molar-refractivity contribution in [3.05, 3.63) is 0 Å². The molecule has 0 radical (unpaired) electrons. The number of hydrogen-bond acceptors (Lipinski definition) is 2. The van der Waals surface area contributed by atoms with Crippen LogP contribution >= 0.6 is 17.0 Å². The lowest BCUT2D eigenvalue weighted by Gasteiger charge is -2.05. The number of nitrogens with one attached hydrogen (secondary N) is 1. The largest absolute Gasteiger partial charge is 0.377 e. The summed E-state index contributed by atoms with van der Waals surface area (Å²) in [5.41, 5.74) is 0. The highest BCUT2D eigenvalue weighted by molar-refractivity contribution is 8.93. The van der Waals surface area contributed by atoms with E-state index >= 15 is 0 Å². The van der Waals surface area contributed by atoms with Gasteiger partial charge in [-0.1, -0.05) is 0 Å². The van der Waals surface area contributed by atoms with Crippen molar-refractivity contribution in [1.82, 2.24) is 5.32 Å². The molecule has 1 rings (SSSR count). The van der Waals surface area contributed by atoms with E-state index in [9.17, 15) is 0 Å². The van der Waals surface area contributed by atoms with E-state index in [2.05, 4.69) is 12.2 Å². The van der Waals surface area contributed by atoms with Crippen LogP contribution in [0.3, 0.4) is 0 Å². The Morgan fingerprint density at radius 2 is 2.33 bits per heavy atom. The standard InChI is InChI=1S/C6H13NO.BrH/c1-6-5-7-3-2-4-8-6;/h6-7H,2-5H2,1H3;1H/t6-;/m0./s1. The van der Waals surface area contributed by atoms with Crippen LogP contribution in [0, 0.1) is 0 Å². The van der Waals surface area contributed by atoms with Gasteiger partial charge in [-0.25, -0.2) is 0 Å². The van der Waals surface area contributed by atoms with Gasteiger partial charge < -0.3 is 10.1 Å². The van der Waals surface area contributed by atoms with Gasteiger partial charge in [0.1, 0.15) is 0 Å². The van der Waals surface area contributed by atoms with Crippen molar-refractivity contribution in [2.24, 2.45) is 0 Å². The number of ether oxygens (including phenoxy) is 1. The Morgan fingerprint density at radius 3 is 3.11 bits per heavy atom. The lowest BCUT2D eigenvalue weighted by Crippen LogP contribution is -2.22. The second kappa shape index (κ2) is 5.21. The van der Waals surface area contributed by atoms with Gasteiger partial charge in [0.05, 0.1) is 6.10 Å². The molecular formula is C6H14BrNO. The van der Waals surface area contributed by atoms with Crippen LogP contribution in [0.15, 0.2) is 0 Å². The molecule has 1 aliphatic heterocycles. The highest BCUT2D eigenvalue weighted by Crippen LogP contribution is 1.94. The Bertz CT molecular complexity index is 62.1. The van der Waals surface area contributed by atoms with Gasteiger partial charge in [0.15, 0.2) is 0 Å². The van der Waals surface area contributed by atoms with Crippen LogP contribution in [0.1, 0.15) is 13.3 Å². The van der Waals surface area contributed by atoms with Gasteiger partial charge in [0.2, 0.25) is 0 Å². The molecule has 0 unspecified atom stereocenters. The molecule has 0 aromatic heterocycles. The van der Waals surface area contributed by atoms with Crippen molar-refractivity contribution in [2.45, 2.75) is 19.4 Å². The van der Waals surface area contributed by atoms with E-state index in [0.29, 0.717) is 6.10 Å². The molecule has 0 aromatic rings. The normalized spacial score (nSPS) is 28.3. The van der Waals surface area contributed by atoms with E-state index in [1.807, 2.05) is 0 Å². The molecule has 2 nitrogen and oxygen atoms in total. The molecule has 9 heavy (non-hydrogen) atoms. The number of halogens is 1. The topological polar surface area (TPSA) is 21.3 Å². The summed E-state index contributed by atoms with van der Waals surface area (Å²) in [5, 5.41) is 3.27. The van der Waals surface area contributed by atoms with Gasteiger partial charge in [0.25, 0.3) is 0 Å². The molecule has 0 amide bonds. The first-order valence-corrected chi connectivity index (χ1v) is 3.22. The van der Waals surface area contributed by atoms with Crippen molar-refractivity contribution < 1.29 is 4.74 Å². The zero-order chi connectivity index (χ0) is 5.82. The second-order valence-corrected chi connectivity index (χ2v) is 2.24. The molecule has 56 valence electrons. The molecule has 1 atom stereocenters. The Kier molecular flexibility index (Phi) is 5.44. The molecule has 0 aliphatic carbocycles. The van der Waals surface area contributed by atoms with Crippen molar-refractivity contribution in [3.8, 4) is 0 Å². The van der Waals surface area contributed by atoms with Crippen LogP contribution in [0.25, 0.3) is 0 Å². The quantitative estimate of drug-likeness (QED) is 0.623. The summed E-state index contributed by atoms with van der Waals surface area (Å²) in [6.45, 7) is 5.15. The Labute approximate surface area is 66.7 Å². The summed E-state index contributed by atoms with van der Waals surface area (Å²) in [4.78, 5) is 0. The highest BCUT2D eigenvalue weighted by atomic mass is 79.9. The van der Waals surface area contributed by atoms with Gasteiger partial charge >= 0.3 is 0 Å². The highest BCUT2D eigenvalue weighted by Gasteiger charge is 2.03. The van der Waals surface area contributed by atoms with Crippen molar-refractivity contribution >= 4 is 17.0 Å². The maximum atomic E-state index is 5.34.